The van der Waals surface area contributed by atoms with E-state index in [1.54, 1.807) is 6.07 Å². The Hall–Kier alpha value is -0.920. The molecule has 0 spiro atoms. The Morgan fingerprint density at radius 2 is 2.00 bits per heavy atom. The minimum atomic E-state index is -1.10. The molecule has 0 heterocycles. The molecule has 7 heteroatoms. The summed E-state index contributed by atoms with van der Waals surface area (Å²) in [6, 6.07) is 3.13. The van der Waals surface area contributed by atoms with E-state index >= 15 is 0 Å². The van der Waals surface area contributed by atoms with Crippen LogP contribution in [0, 0.1) is 0 Å². The second-order valence-electron chi connectivity index (χ2n) is 5.06. The lowest BCUT2D eigenvalue weighted by Gasteiger charge is -2.37. The average molecular weight is 406 g/mol. The lowest BCUT2D eigenvalue weighted by atomic mass is 9.75. The highest BCUT2D eigenvalue weighted by Gasteiger charge is 2.35. The van der Waals surface area contributed by atoms with Crippen molar-refractivity contribution < 1.29 is 14.7 Å². The van der Waals surface area contributed by atoms with E-state index in [4.69, 9.17) is 5.73 Å². The number of carboxylic acid groups (broad SMARTS) is 1. The molecular weight excluding hydrogens is 392 g/mol. The fourth-order valence-electron chi connectivity index (χ4n) is 2.18. The number of carbonyl (C=O) groups is 2. The normalized spacial score (nSPS) is 16.4. The minimum absolute atomic E-state index is 0.0271. The van der Waals surface area contributed by atoms with Crippen molar-refractivity contribution in [1.29, 1.82) is 0 Å². The summed E-state index contributed by atoms with van der Waals surface area (Å²) in [7, 11) is 0. The van der Waals surface area contributed by atoms with Gasteiger partial charge in [0.15, 0.2) is 0 Å². The molecule has 1 aliphatic carbocycles. The summed E-state index contributed by atoms with van der Waals surface area (Å²) in [6.07, 6.45) is 2.89. The first-order valence-corrected chi connectivity index (χ1v) is 7.70. The molecular formula is C13H14Br2N2O3. The molecule has 0 unspecified atom stereocenters. The lowest BCUT2D eigenvalue weighted by Crippen LogP contribution is -2.49. The fourth-order valence-corrected chi connectivity index (χ4v) is 3.50. The molecule has 2 rings (SSSR count). The molecule has 1 amide bonds. The topological polar surface area (TPSA) is 92.4 Å². The molecule has 0 radical (unpaired) electrons. The zero-order valence-corrected chi connectivity index (χ0v) is 13.8. The number of anilines is 1. The maximum atomic E-state index is 12.0. The molecule has 20 heavy (non-hydrogen) atoms. The van der Waals surface area contributed by atoms with E-state index in [1.807, 2.05) is 0 Å². The first kappa shape index (κ1) is 15.5. The van der Waals surface area contributed by atoms with Crippen LogP contribution in [0.2, 0.25) is 0 Å². The van der Waals surface area contributed by atoms with E-state index in [-0.39, 0.29) is 23.6 Å². The van der Waals surface area contributed by atoms with Crippen LogP contribution in [0.1, 0.15) is 36.0 Å². The van der Waals surface area contributed by atoms with Gasteiger partial charge in [-0.3, -0.25) is 4.79 Å². The second-order valence-corrected chi connectivity index (χ2v) is 6.83. The molecule has 0 saturated heterocycles. The van der Waals surface area contributed by atoms with Crippen molar-refractivity contribution >= 4 is 49.4 Å². The number of nitrogens with two attached hydrogens (primary N) is 1. The van der Waals surface area contributed by atoms with Gasteiger partial charge in [-0.05, 0) is 47.3 Å². The van der Waals surface area contributed by atoms with E-state index in [0.29, 0.717) is 8.95 Å². The Labute approximate surface area is 133 Å². The number of carbonyl (C=O) groups excluding carboxylic acids is 1. The van der Waals surface area contributed by atoms with E-state index in [9.17, 15) is 14.7 Å². The number of hydrogen-bond donors (Lipinski definition) is 3. The van der Waals surface area contributed by atoms with Gasteiger partial charge in [-0.1, -0.05) is 15.9 Å². The summed E-state index contributed by atoms with van der Waals surface area (Å²) >= 11 is 6.49. The first-order chi connectivity index (χ1) is 9.31. The third-order valence-corrected chi connectivity index (χ3v) is 4.50. The Balaban J connectivity index is 2.20. The highest BCUT2D eigenvalue weighted by molar-refractivity contribution is 9.11. The van der Waals surface area contributed by atoms with Crippen LogP contribution in [0.25, 0.3) is 0 Å². The molecule has 108 valence electrons. The number of rotatable bonds is 4. The van der Waals surface area contributed by atoms with Gasteiger partial charge in [-0.25, -0.2) is 4.79 Å². The third-order valence-electron chi connectivity index (χ3n) is 3.41. The van der Waals surface area contributed by atoms with Gasteiger partial charge in [0.1, 0.15) is 0 Å². The number of carboxylic acids is 1. The molecule has 0 aliphatic heterocycles. The van der Waals surface area contributed by atoms with E-state index in [2.05, 4.69) is 37.2 Å². The molecule has 5 nitrogen and oxygen atoms in total. The van der Waals surface area contributed by atoms with Crippen LogP contribution >= 0.6 is 31.9 Å². The third kappa shape index (κ3) is 3.39. The zero-order chi connectivity index (χ0) is 14.9. The summed E-state index contributed by atoms with van der Waals surface area (Å²) in [5.41, 5.74) is 5.87. The smallest absolute Gasteiger partial charge is 0.337 e. The monoisotopic (exact) mass is 404 g/mol. The van der Waals surface area contributed by atoms with Crippen molar-refractivity contribution in [3.63, 3.8) is 0 Å². The molecule has 1 aromatic carbocycles. The maximum Gasteiger partial charge on any atom is 0.337 e. The molecule has 1 aromatic rings. The van der Waals surface area contributed by atoms with Gasteiger partial charge in [-0.2, -0.15) is 0 Å². The summed E-state index contributed by atoms with van der Waals surface area (Å²) in [5, 5.41) is 11.8. The SMILES string of the molecule is NC1(CC(=O)Nc2c(Br)cc(Br)cc2C(=O)O)CCC1. The number of benzene rings is 1. The highest BCUT2D eigenvalue weighted by Crippen LogP contribution is 2.34. The lowest BCUT2D eigenvalue weighted by molar-refractivity contribution is -0.118. The molecule has 1 fully saturated rings. The van der Waals surface area contributed by atoms with Crippen LogP contribution in [0.4, 0.5) is 5.69 Å². The fraction of sp³-hybridized carbons (Fsp3) is 0.385. The Morgan fingerprint density at radius 3 is 2.50 bits per heavy atom. The Morgan fingerprint density at radius 1 is 1.35 bits per heavy atom. The van der Waals surface area contributed by atoms with E-state index in [0.717, 1.165) is 19.3 Å². The van der Waals surface area contributed by atoms with Crippen molar-refractivity contribution in [1.82, 2.24) is 0 Å². The predicted molar refractivity (Wildman–Crippen MR) is 82.8 cm³/mol. The number of nitrogens with one attached hydrogen (secondary N) is 1. The van der Waals surface area contributed by atoms with Gasteiger partial charge in [0.05, 0.1) is 11.3 Å². The van der Waals surface area contributed by atoms with Crippen LogP contribution in [0.5, 0.6) is 0 Å². The minimum Gasteiger partial charge on any atom is -0.478 e. The van der Waals surface area contributed by atoms with Crippen molar-refractivity contribution in [2.45, 2.75) is 31.2 Å². The molecule has 1 aliphatic rings. The van der Waals surface area contributed by atoms with Gasteiger partial charge in [-0.15, -0.1) is 0 Å². The predicted octanol–water partition coefficient (Wildman–Crippen LogP) is 3.12. The van der Waals surface area contributed by atoms with E-state index < -0.39 is 11.5 Å². The van der Waals surface area contributed by atoms with Crippen LogP contribution in [0.15, 0.2) is 21.1 Å². The van der Waals surface area contributed by atoms with Gasteiger partial charge < -0.3 is 16.2 Å². The quantitative estimate of drug-likeness (QED) is 0.717. The van der Waals surface area contributed by atoms with Crippen molar-refractivity contribution in [2.24, 2.45) is 5.73 Å². The first-order valence-electron chi connectivity index (χ1n) is 6.12. The summed E-state index contributed by atoms with van der Waals surface area (Å²) in [6.45, 7) is 0. The van der Waals surface area contributed by atoms with Crippen LogP contribution < -0.4 is 11.1 Å². The summed E-state index contributed by atoms with van der Waals surface area (Å²) in [4.78, 5) is 23.3. The number of hydrogen-bond acceptors (Lipinski definition) is 3. The van der Waals surface area contributed by atoms with Gasteiger partial charge in [0.2, 0.25) is 5.91 Å². The Bertz CT molecular complexity index is 571. The molecule has 0 atom stereocenters. The van der Waals surface area contributed by atoms with Crippen molar-refractivity contribution in [3.8, 4) is 0 Å². The average Bonchev–Trinajstić information content (AvgIpc) is 2.30. The molecule has 0 aromatic heterocycles. The number of amides is 1. The number of aromatic carboxylic acids is 1. The van der Waals surface area contributed by atoms with Gasteiger partial charge >= 0.3 is 5.97 Å². The molecule has 1 saturated carbocycles. The Kier molecular flexibility index (Phi) is 4.51. The van der Waals surface area contributed by atoms with Crippen molar-refractivity contribution in [3.05, 3.63) is 26.6 Å². The van der Waals surface area contributed by atoms with Crippen LogP contribution in [0.3, 0.4) is 0 Å². The largest absolute Gasteiger partial charge is 0.478 e. The second kappa shape index (κ2) is 5.83. The summed E-state index contributed by atoms with van der Waals surface area (Å²) in [5.74, 6) is -1.37. The standard InChI is InChI=1S/C13H14Br2N2O3/c14-7-4-8(12(19)20)11(9(15)5-7)17-10(18)6-13(16)2-1-3-13/h4-5H,1-3,6,16H2,(H,17,18)(H,19,20). The highest BCUT2D eigenvalue weighted by atomic mass is 79.9. The van der Waals surface area contributed by atoms with E-state index in [1.165, 1.54) is 6.07 Å². The molecule has 4 N–H and O–H groups in total. The maximum absolute atomic E-state index is 12.0. The van der Waals surface area contributed by atoms with Gasteiger partial charge in [0.25, 0.3) is 0 Å². The number of halogens is 2. The molecule has 0 bridgehead atoms. The van der Waals surface area contributed by atoms with Crippen LogP contribution in [-0.2, 0) is 4.79 Å². The zero-order valence-electron chi connectivity index (χ0n) is 10.6. The van der Waals surface area contributed by atoms with Gasteiger partial charge in [0, 0.05) is 20.9 Å². The van der Waals surface area contributed by atoms with Crippen molar-refractivity contribution in [2.75, 3.05) is 5.32 Å². The summed E-state index contributed by atoms with van der Waals surface area (Å²) < 4.78 is 1.13. The van der Waals surface area contributed by atoms with Crippen LogP contribution in [-0.4, -0.2) is 22.5 Å².